The number of ether oxygens (including phenoxy) is 1. The first kappa shape index (κ1) is 16.7. The second kappa shape index (κ2) is 6.41. The van der Waals surface area contributed by atoms with Crippen LogP contribution in [0.1, 0.15) is 0 Å². The monoisotopic (exact) mass is 370 g/mol. The number of sulfonamides is 1. The van der Waals surface area contributed by atoms with Crippen LogP contribution in [0.25, 0.3) is 0 Å². The molecule has 0 bridgehead atoms. The third-order valence-corrected chi connectivity index (χ3v) is 5.60. The molecule has 0 unspecified atom stereocenters. The molecule has 0 aromatic heterocycles. The standard InChI is InChI=1S/C11H15BrN2O3S.ClH/c1-14(8-6-13-7-8)18(15,16)9-3-4-11(17-2)10(12)5-9;/h3-5,8,13H,6-7H2,1-2H3;1H. The molecule has 1 N–H and O–H groups in total. The second-order valence-electron chi connectivity index (χ2n) is 4.13. The van der Waals surface area contributed by atoms with E-state index in [0.29, 0.717) is 23.3 Å². The summed E-state index contributed by atoms with van der Waals surface area (Å²) in [5.74, 6) is 0.613. The number of nitrogens with one attached hydrogen (secondary N) is 1. The Morgan fingerprint density at radius 1 is 1.42 bits per heavy atom. The quantitative estimate of drug-likeness (QED) is 0.871. The average Bonchev–Trinajstić information content (AvgIpc) is 2.26. The first-order chi connectivity index (χ1) is 8.46. The van der Waals surface area contributed by atoms with Crippen molar-refractivity contribution in [2.24, 2.45) is 0 Å². The van der Waals surface area contributed by atoms with Gasteiger partial charge in [0.1, 0.15) is 5.75 Å². The molecule has 5 nitrogen and oxygen atoms in total. The van der Waals surface area contributed by atoms with Gasteiger partial charge in [-0.1, -0.05) is 0 Å². The van der Waals surface area contributed by atoms with E-state index in [4.69, 9.17) is 4.74 Å². The van der Waals surface area contributed by atoms with Crippen LogP contribution >= 0.6 is 28.3 Å². The highest BCUT2D eigenvalue weighted by Gasteiger charge is 2.31. The molecule has 0 spiro atoms. The SMILES string of the molecule is COc1ccc(S(=O)(=O)N(C)C2CNC2)cc1Br.Cl. The van der Waals surface area contributed by atoms with E-state index in [9.17, 15) is 8.42 Å². The Morgan fingerprint density at radius 3 is 2.47 bits per heavy atom. The van der Waals surface area contributed by atoms with Gasteiger partial charge in [0, 0.05) is 26.2 Å². The number of hydrogen-bond acceptors (Lipinski definition) is 4. The molecule has 0 amide bonds. The third-order valence-electron chi connectivity index (χ3n) is 3.07. The average molecular weight is 372 g/mol. The summed E-state index contributed by atoms with van der Waals surface area (Å²) in [6.07, 6.45) is 0. The maximum atomic E-state index is 12.4. The van der Waals surface area contributed by atoms with E-state index >= 15 is 0 Å². The molecular weight excluding hydrogens is 356 g/mol. The van der Waals surface area contributed by atoms with Crippen LogP contribution in [0.5, 0.6) is 5.75 Å². The molecule has 2 rings (SSSR count). The molecule has 1 aromatic carbocycles. The smallest absolute Gasteiger partial charge is 0.243 e. The van der Waals surface area contributed by atoms with Crippen molar-refractivity contribution in [1.29, 1.82) is 0 Å². The van der Waals surface area contributed by atoms with Crippen molar-refractivity contribution in [3.8, 4) is 5.75 Å². The van der Waals surface area contributed by atoms with E-state index in [0.717, 1.165) is 0 Å². The van der Waals surface area contributed by atoms with Crippen LogP contribution in [0.2, 0.25) is 0 Å². The molecule has 1 aromatic rings. The van der Waals surface area contributed by atoms with Gasteiger partial charge in [-0.3, -0.25) is 0 Å². The third kappa shape index (κ3) is 3.22. The Balaban J connectivity index is 0.00000180. The molecule has 1 aliphatic heterocycles. The fourth-order valence-electron chi connectivity index (χ4n) is 1.70. The first-order valence-electron chi connectivity index (χ1n) is 5.49. The van der Waals surface area contributed by atoms with Crippen molar-refractivity contribution < 1.29 is 13.2 Å². The number of likely N-dealkylation sites (N-methyl/N-ethyl adjacent to an activating group) is 1. The minimum atomic E-state index is -3.44. The van der Waals surface area contributed by atoms with Gasteiger partial charge in [-0.15, -0.1) is 12.4 Å². The van der Waals surface area contributed by atoms with Crippen LogP contribution in [-0.2, 0) is 10.0 Å². The molecule has 1 heterocycles. The van der Waals surface area contributed by atoms with E-state index in [2.05, 4.69) is 21.2 Å². The molecular formula is C11H16BrClN2O3S. The number of rotatable bonds is 4. The maximum Gasteiger partial charge on any atom is 0.243 e. The lowest BCUT2D eigenvalue weighted by molar-refractivity contribution is 0.274. The van der Waals surface area contributed by atoms with Crippen molar-refractivity contribution in [2.45, 2.75) is 10.9 Å². The van der Waals surface area contributed by atoms with Gasteiger partial charge in [-0.05, 0) is 34.1 Å². The van der Waals surface area contributed by atoms with Crippen molar-refractivity contribution in [3.63, 3.8) is 0 Å². The predicted molar refractivity (Wildman–Crippen MR) is 79.5 cm³/mol. The molecule has 108 valence electrons. The predicted octanol–water partition coefficient (Wildman–Crippen LogP) is 1.47. The highest BCUT2D eigenvalue weighted by molar-refractivity contribution is 9.10. The van der Waals surface area contributed by atoms with Crippen LogP contribution in [0.3, 0.4) is 0 Å². The highest BCUT2D eigenvalue weighted by Crippen LogP contribution is 2.29. The van der Waals surface area contributed by atoms with Gasteiger partial charge in [0.2, 0.25) is 10.0 Å². The second-order valence-corrected chi connectivity index (χ2v) is 6.98. The lowest BCUT2D eigenvalue weighted by Gasteiger charge is -2.34. The lowest BCUT2D eigenvalue weighted by atomic mass is 10.2. The fourth-order valence-corrected chi connectivity index (χ4v) is 3.77. The molecule has 0 aliphatic carbocycles. The van der Waals surface area contributed by atoms with E-state index in [1.54, 1.807) is 32.4 Å². The number of halogens is 2. The Labute approximate surface area is 127 Å². The van der Waals surface area contributed by atoms with Crippen LogP contribution in [-0.4, -0.2) is 46.0 Å². The molecule has 1 fully saturated rings. The molecule has 19 heavy (non-hydrogen) atoms. The van der Waals surface area contributed by atoms with E-state index < -0.39 is 10.0 Å². The summed E-state index contributed by atoms with van der Waals surface area (Å²) in [4.78, 5) is 0.268. The molecule has 8 heteroatoms. The summed E-state index contributed by atoms with van der Waals surface area (Å²) in [6, 6.07) is 4.80. The fraction of sp³-hybridized carbons (Fsp3) is 0.455. The maximum absolute atomic E-state index is 12.4. The van der Waals surface area contributed by atoms with Crippen LogP contribution < -0.4 is 10.1 Å². The van der Waals surface area contributed by atoms with Crippen LogP contribution in [0.15, 0.2) is 27.6 Å². The zero-order valence-electron chi connectivity index (χ0n) is 10.6. The van der Waals surface area contributed by atoms with Gasteiger partial charge in [-0.25, -0.2) is 8.42 Å². The Morgan fingerprint density at radius 2 is 2.05 bits per heavy atom. The van der Waals surface area contributed by atoms with Crippen molar-refractivity contribution >= 4 is 38.4 Å². The van der Waals surface area contributed by atoms with E-state index in [1.807, 2.05) is 0 Å². The zero-order chi connectivity index (χ0) is 13.3. The lowest BCUT2D eigenvalue weighted by Crippen LogP contribution is -2.57. The van der Waals surface area contributed by atoms with E-state index in [-0.39, 0.29) is 23.3 Å². The summed E-state index contributed by atoms with van der Waals surface area (Å²) in [5, 5.41) is 3.06. The Kier molecular flexibility index (Phi) is 5.64. The number of benzene rings is 1. The van der Waals surface area contributed by atoms with Gasteiger partial charge in [0.15, 0.2) is 0 Å². The number of nitrogens with zero attached hydrogens (tertiary/aromatic N) is 1. The van der Waals surface area contributed by atoms with Gasteiger partial charge in [0.25, 0.3) is 0 Å². The van der Waals surface area contributed by atoms with Crippen LogP contribution in [0.4, 0.5) is 0 Å². The Bertz CT molecular complexity index is 549. The largest absolute Gasteiger partial charge is 0.496 e. The molecule has 0 radical (unpaired) electrons. The molecule has 1 saturated heterocycles. The molecule has 0 saturated carbocycles. The summed E-state index contributed by atoms with van der Waals surface area (Å²) in [5.41, 5.74) is 0. The van der Waals surface area contributed by atoms with Crippen molar-refractivity contribution in [2.75, 3.05) is 27.2 Å². The summed E-state index contributed by atoms with van der Waals surface area (Å²) in [7, 11) is -0.287. The van der Waals surface area contributed by atoms with Crippen molar-refractivity contribution in [3.05, 3.63) is 22.7 Å². The van der Waals surface area contributed by atoms with Gasteiger partial charge in [0.05, 0.1) is 16.5 Å². The van der Waals surface area contributed by atoms with Gasteiger partial charge >= 0.3 is 0 Å². The molecule has 0 atom stereocenters. The van der Waals surface area contributed by atoms with Crippen LogP contribution in [0, 0.1) is 0 Å². The number of methoxy groups -OCH3 is 1. The number of hydrogen-bond donors (Lipinski definition) is 1. The summed E-state index contributed by atoms with van der Waals surface area (Å²) < 4.78 is 31.8. The normalized spacial score (nSPS) is 15.8. The minimum Gasteiger partial charge on any atom is -0.496 e. The Hall–Kier alpha value is -0.340. The topological polar surface area (TPSA) is 58.6 Å². The minimum absolute atomic E-state index is 0. The van der Waals surface area contributed by atoms with Gasteiger partial charge in [-0.2, -0.15) is 4.31 Å². The molecule has 1 aliphatic rings. The zero-order valence-corrected chi connectivity index (χ0v) is 13.8. The summed E-state index contributed by atoms with van der Waals surface area (Å²) >= 11 is 3.30. The van der Waals surface area contributed by atoms with E-state index in [1.165, 1.54) is 4.31 Å². The van der Waals surface area contributed by atoms with Gasteiger partial charge < -0.3 is 10.1 Å². The van der Waals surface area contributed by atoms with Crippen molar-refractivity contribution in [1.82, 2.24) is 9.62 Å². The summed E-state index contributed by atoms with van der Waals surface area (Å²) in [6.45, 7) is 1.40. The highest BCUT2D eigenvalue weighted by atomic mass is 79.9. The first-order valence-corrected chi connectivity index (χ1v) is 7.72.